The molecule has 2 aromatic rings. The maximum Gasteiger partial charge on any atom is 0.303 e. The van der Waals surface area contributed by atoms with Crippen LogP contribution in [0.1, 0.15) is 62.4 Å². The minimum Gasteiger partial charge on any atom is -0.495 e. The minimum atomic E-state index is -0.923. The zero-order chi connectivity index (χ0) is 31.9. The lowest BCUT2D eigenvalue weighted by atomic mass is 9.94. The second-order valence-electron chi connectivity index (χ2n) is 11.8. The second kappa shape index (κ2) is 12.5. The molecule has 10 nitrogen and oxygen atoms in total. The van der Waals surface area contributed by atoms with Crippen LogP contribution in [0.5, 0.6) is 0 Å². The largest absolute Gasteiger partial charge is 0.495 e. The quantitative estimate of drug-likeness (QED) is 0.184. The number of aromatic amines is 2. The van der Waals surface area contributed by atoms with Crippen molar-refractivity contribution in [3.05, 3.63) is 66.3 Å². The van der Waals surface area contributed by atoms with Crippen LogP contribution in [0.15, 0.2) is 22.6 Å². The summed E-state index contributed by atoms with van der Waals surface area (Å²) in [6.45, 7) is 12.2. The lowest BCUT2D eigenvalue weighted by Gasteiger charge is -2.13. The van der Waals surface area contributed by atoms with Crippen molar-refractivity contribution < 1.29 is 29.7 Å². The summed E-state index contributed by atoms with van der Waals surface area (Å²) in [6, 6.07) is -0.412. The highest BCUT2D eigenvalue weighted by atomic mass is 32.2. The van der Waals surface area contributed by atoms with E-state index < -0.39 is 11.9 Å². The van der Waals surface area contributed by atoms with E-state index in [1.165, 1.54) is 0 Å². The fraction of sp³-hybridized carbons (Fsp3) is 0.424. The van der Waals surface area contributed by atoms with Gasteiger partial charge in [-0.2, -0.15) is 11.8 Å². The molecule has 0 radical (unpaired) electrons. The molecule has 1 amide bonds. The molecule has 0 bridgehead atoms. The summed E-state index contributed by atoms with van der Waals surface area (Å²) in [4.78, 5) is 42.5. The van der Waals surface area contributed by atoms with Crippen LogP contribution in [0, 0.1) is 12.8 Å². The number of aromatic nitrogens is 2. The topological polar surface area (TPSA) is 168 Å². The van der Waals surface area contributed by atoms with Gasteiger partial charge in [-0.1, -0.05) is 20.4 Å². The van der Waals surface area contributed by atoms with Crippen molar-refractivity contribution in [2.24, 2.45) is 5.92 Å². The Morgan fingerprint density at radius 2 is 1.66 bits per heavy atom. The van der Waals surface area contributed by atoms with Gasteiger partial charge in [-0.05, 0) is 84.4 Å². The van der Waals surface area contributed by atoms with Crippen molar-refractivity contribution >= 4 is 54.4 Å². The molecule has 4 atom stereocenters. The minimum absolute atomic E-state index is 0.0510. The van der Waals surface area contributed by atoms with Gasteiger partial charge in [0.2, 0.25) is 5.91 Å². The molecular weight excluding hydrogens is 580 g/mol. The van der Waals surface area contributed by atoms with Gasteiger partial charge < -0.3 is 35.9 Å². The zero-order valence-electron chi connectivity index (χ0n) is 25.5. The van der Waals surface area contributed by atoms with Gasteiger partial charge in [-0.15, -0.1) is 0 Å². The van der Waals surface area contributed by atoms with Crippen molar-refractivity contribution in [1.82, 2.24) is 20.6 Å². The molecule has 0 saturated carbocycles. The Bertz CT molecular complexity index is 1830. The van der Waals surface area contributed by atoms with E-state index in [1.807, 2.05) is 39.0 Å². The summed E-state index contributed by atoms with van der Waals surface area (Å²) in [7, 11) is 0. The predicted molar refractivity (Wildman–Crippen MR) is 172 cm³/mol. The van der Waals surface area contributed by atoms with Crippen molar-refractivity contribution in [2.45, 2.75) is 77.1 Å². The fourth-order valence-corrected chi connectivity index (χ4v) is 7.17. The van der Waals surface area contributed by atoms with Crippen LogP contribution in [-0.4, -0.2) is 66.2 Å². The maximum absolute atomic E-state index is 12.5. The molecule has 5 heterocycles. The first kappa shape index (κ1) is 31.3. The predicted octanol–water partition coefficient (Wildman–Crippen LogP) is 1.20. The summed E-state index contributed by atoms with van der Waals surface area (Å²) < 4.78 is 0. The lowest BCUT2D eigenvalue weighted by molar-refractivity contribution is -0.138. The number of carbonyl (C=O) groups excluding carboxylic acids is 1. The molecule has 5 rings (SSSR count). The van der Waals surface area contributed by atoms with E-state index in [-0.39, 0.29) is 49.1 Å². The molecule has 44 heavy (non-hydrogen) atoms. The van der Waals surface area contributed by atoms with Crippen LogP contribution in [0.3, 0.4) is 0 Å². The van der Waals surface area contributed by atoms with Gasteiger partial charge in [0.1, 0.15) is 0 Å². The van der Waals surface area contributed by atoms with Gasteiger partial charge in [0.25, 0.3) is 0 Å². The van der Waals surface area contributed by atoms with E-state index in [4.69, 9.17) is 0 Å². The molecule has 7 N–H and O–H groups in total. The van der Waals surface area contributed by atoms with Crippen LogP contribution >= 0.6 is 11.8 Å². The molecule has 11 heteroatoms. The molecule has 1 unspecified atom stereocenters. The Kier molecular flexibility index (Phi) is 8.88. The summed E-state index contributed by atoms with van der Waals surface area (Å²) in [5.74, 6) is -0.641. The number of nitrogens with one attached hydrogen (secondary N) is 4. The molecular formula is C33H40N4O6S. The van der Waals surface area contributed by atoms with E-state index in [0.29, 0.717) is 27.9 Å². The number of aliphatic hydroxyl groups excluding tert-OH is 1. The van der Waals surface area contributed by atoms with E-state index in [2.05, 4.69) is 34.1 Å². The van der Waals surface area contributed by atoms with E-state index in [1.54, 1.807) is 11.8 Å². The van der Waals surface area contributed by atoms with Crippen LogP contribution in [-0.2, 0) is 27.2 Å². The number of aliphatic hydroxyl groups is 1. The Labute approximate surface area is 259 Å². The van der Waals surface area contributed by atoms with Crippen LogP contribution in [0.2, 0.25) is 0 Å². The number of carboxylic acids is 2. The molecule has 2 aromatic heterocycles. The van der Waals surface area contributed by atoms with Crippen LogP contribution in [0.4, 0.5) is 0 Å². The van der Waals surface area contributed by atoms with Crippen molar-refractivity contribution in [1.29, 1.82) is 0 Å². The monoisotopic (exact) mass is 620 g/mol. The summed E-state index contributed by atoms with van der Waals surface area (Å²) in [5, 5.41) is 38.8. The average Bonchev–Trinajstić information content (AvgIpc) is 3.53. The average molecular weight is 621 g/mol. The summed E-state index contributed by atoms with van der Waals surface area (Å²) in [6.07, 6.45) is 7.03. The first-order chi connectivity index (χ1) is 20.9. The number of carbonyl (C=O) groups is 3. The normalized spacial score (nSPS) is 24.5. The molecule has 1 saturated heterocycles. The van der Waals surface area contributed by atoms with Gasteiger partial charge in [0.05, 0.1) is 12.1 Å². The number of H-pyrrole nitrogens is 2. The van der Waals surface area contributed by atoms with Crippen LogP contribution < -0.4 is 31.9 Å². The van der Waals surface area contributed by atoms with Crippen molar-refractivity contribution in [3.63, 3.8) is 0 Å². The third-order valence-electron chi connectivity index (χ3n) is 9.03. The van der Waals surface area contributed by atoms with Gasteiger partial charge in [-0.25, -0.2) is 0 Å². The summed E-state index contributed by atoms with van der Waals surface area (Å²) >= 11 is 1.80. The van der Waals surface area contributed by atoms with Gasteiger partial charge >= 0.3 is 11.9 Å². The number of hydrogen-bond acceptors (Lipinski definition) is 6. The Morgan fingerprint density at radius 1 is 1.00 bits per heavy atom. The third-order valence-corrected chi connectivity index (χ3v) is 9.95. The Hall–Kier alpha value is -4.12. The van der Waals surface area contributed by atoms with Gasteiger partial charge in [-0.3, -0.25) is 14.4 Å². The highest BCUT2D eigenvalue weighted by Crippen LogP contribution is 2.41. The number of aliphatic carboxylic acids is 2. The molecule has 3 aliphatic heterocycles. The fourth-order valence-electron chi connectivity index (χ4n) is 6.39. The van der Waals surface area contributed by atoms with E-state index in [9.17, 15) is 29.7 Å². The third kappa shape index (κ3) is 6.24. The molecule has 0 aliphatic carbocycles. The Morgan fingerprint density at radius 3 is 2.25 bits per heavy atom. The standard InChI is InChI=1S/C33H40N4O6S/c1-6-19-15(2)24(36-33(19)43)11-22-16(3)20(7-9-29(38)39)25(34-22)13-26-21(8-10-30(40)41)17(4)23(35-26)12-27-31(28-14-44-28)18(5)32(42)37-27/h11-13,15,24,27-28,34-36,43H,4,6-10,14H2,1-3,5H3,(H,37,42)(H,38,39)(H,40,41)/b22-11-,23-12+,25-13-/t15?,24-,27+,28-/m1/s1. The van der Waals surface area contributed by atoms with E-state index in [0.717, 1.165) is 56.3 Å². The SMILES string of the molecule is C=c1c(CCC(=O)O)c(/C=c2\[nH]/c(=C\[C@H]3NC(O)=C(CC)C3C)c(C)c2CCC(=O)O)[nH]/c1=C/[C@@H]1NC(=O)C(C)=C1[C@H]1CS1. The maximum atomic E-state index is 12.5. The second-order valence-corrected chi connectivity index (χ2v) is 13.0. The molecule has 0 spiro atoms. The summed E-state index contributed by atoms with van der Waals surface area (Å²) in [5.41, 5.74) is 5.97. The smallest absolute Gasteiger partial charge is 0.303 e. The van der Waals surface area contributed by atoms with Gasteiger partial charge in [0, 0.05) is 57.1 Å². The number of amides is 1. The van der Waals surface area contributed by atoms with Crippen molar-refractivity contribution in [3.8, 4) is 0 Å². The number of carboxylic acid groups (broad SMARTS) is 2. The Balaban J connectivity index is 1.63. The molecule has 1 fully saturated rings. The zero-order valence-corrected chi connectivity index (χ0v) is 26.3. The molecule has 3 aliphatic rings. The van der Waals surface area contributed by atoms with Crippen LogP contribution in [0.25, 0.3) is 24.8 Å². The number of rotatable bonds is 11. The number of thioether (sulfide) groups is 1. The lowest BCUT2D eigenvalue weighted by Crippen LogP contribution is -2.33. The highest BCUT2D eigenvalue weighted by Gasteiger charge is 2.38. The highest BCUT2D eigenvalue weighted by molar-refractivity contribution is 8.07. The molecule has 234 valence electrons. The molecule has 0 aromatic carbocycles. The van der Waals surface area contributed by atoms with Crippen molar-refractivity contribution in [2.75, 3.05) is 5.75 Å². The first-order valence-electron chi connectivity index (χ1n) is 15.0. The van der Waals surface area contributed by atoms with E-state index >= 15 is 0 Å². The number of hydrogen-bond donors (Lipinski definition) is 7. The first-order valence-corrected chi connectivity index (χ1v) is 16.0. The van der Waals surface area contributed by atoms with Gasteiger partial charge in [0.15, 0.2) is 5.88 Å².